The van der Waals surface area contributed by atoms with E-state index in [-0.39, 0.29) is 17.0 Å². The zero-order valence-electron chi connectivity index (χ0n) is 14.2. The van der Waals surface area contributed by atoms with Crippen LogP contribution in [-0.4, -0.2) is 67.1 Å². The topological polar surface area (TPSA) is 134 Å². The van der Waals surface area contributed by atoms with E-state index in [0.29, 0.717) is 12.0 Å². The SMILES string of the molecule is CCCc1cnc2c(O[C@@H]3OC(CO)[C@@H](O)C(O)C3O)cccn2c1=O. The Labute approximate surface area is 149 Å². The monoisotopic (exact) mass is 366 g/mol. The molecule has 0 aromatic carbocycles. The van der Waals surface area contributed by atoms with Crippen molar-refractivity contribution in [2.24, 2.45) is 0 Å². The smallest absolute Gasteiger partial charge is 0.261 e. The van der Waals surface area contributed by atoms with Crippen LogP contribution < -0.4 is 10.3 Å². The minimum absolute atomic E-state index is 0.164. The minimum Gasteiger partial charge on any atom is -0.458 e. The molecule has 26 heavy (non-hydrogen) atoms. The van der Waals surface area contributed by atoms with Crippen LogP contribution in [0.25, 0.3) is 5.65 Å². The summed E-state index contributed by atoms with van der Waals surface area (Å²) in [6, 6.07) is 3.13. The molecule has 0 radical (unpaired) electrons. The number of nitrogens with zero attached hydrogens (tertiary/aromatic N) is 2. The van der Waals surface area contributed by atoms with E-state index in [2.05, 4.69) is 4.98 Å². The van der Waals surface area contributed by atoms with Crippen molar-refractivity contribution < 1.29 is 29.9 Å². The molecule has 9 nitrogen and oxygen atoms in total. The third-order valence-corrected chi connectivity index (χ3v) is 4.38. The molecule has 3 rings (SSSR count). The standard InChI is InChI=1S/C17H22N2O7/c1-2-4-9-7-18-15-10(5-3-6-19(15)16(9)24)25-17-14(23)13(22)12(21)11(8-20)26-17/h3,5-7,11-14,17,20-23H,2,4,8H2,1H3/t11?,12-,13?,14?,17-/m1/s1. The summed E-state index contributed by atoms with van der Waals surface area (Å²) in [5.74, 6) is 0.164. The fourth-order valence-electron chi connectivity index (χ4n) is 2.94. The van der Waals surface area contributed by atoms with Crippen LogP contribution in [0, 0.1) is 0 Å². The highest BCUT2D eigenvalue weighted by molar-refractivity contribution is 5.53. The number of aliphatic hydroxyl groups is 4. The number of ether oxygens (including phenoxy) is 2. The second-order valence-electron chi connectivity index (χ2n) is 6.22. The molecule has 1 fully saturated rings. The first-order valence-corrected chi connectivity index (χ1v) is 8.44. The number of aromatic nitrogens is 2. The molecular weight excluding hydrogens is 344 g/mol. The largest absolute Gasteiger partial charge is 0.458 e. The molecule has 4 N–H and O–H groups in total. The molecule has 2 aromatic heterocycles. The Morgan fingerprint density at radius 2 is 2.04 bits per heavy atom. The Morgan fingerprint density at radius 1 is 1.27 bits per heavy atom. The first kappa shape index (κ1) is 18.7. The average Bonchev–Trinajstić information content (AvgIpc) is 2.65. The van der Waals surface area contributed by atoms with E-state index in [1.165, 1.54) is 10.6 Å². The number of pyridine rings is 1. The lowest BCUT2D eigenvalue weighted by atomic mass is 9.99. The van der Waals surface area contributed by atoms with E-state index in [1.807, 2.05) is 6.92 Å². The van der Waals surface area contributed by atoms with Crippen LogP contribution in [0.3, 0.4) is 0 Å². The van der Waals surface area contributed by atoms with Crippen molar-refractivity contribution in [2.45, 2.75) is 50.5 Å². The van der Waals surface area contributed by atoms with Gasteiger partial charge in [-0.05, 0) is 18.6 Å². The van der Waals surface area contributed by atoms with Gasteiger partial charge in [0.15, 0.2) is 11.4 Å². The highest BCUT2D eigenvalue weighted by Gasteiger charge is 2.44. The Bertz CT molecular complexity index is 822. The lowest BCUT2D eigenvalue weighted by Crippen LogP contribution is -2.60. The first-order valence-electron chi connectivity index (χ1n) is 8.44. The normalized spacial score (nSPS) is 29.0. The molecule has 0 saturated carbocycles. The molecule has 2 aromatic rings. The van der Waals surface area contributed by atoms with Crippen LogP contribution in [0.2, 0.25) is 0 Å². The molecule has 1 aliphatic rings. The van der Waals surface area contributed by atoms with Crippen LogP contribution in [0.5, 0.6) is 5.75 Å². The second kappa shape index (κ2) is 7.68. The minimum atomic E-state index is -1.55. The number of fused-ring (bicyclic) bond motifs is 1. The van der Waals surface area contributed by atoms with E-state index in [0.717, 1.165) is 6.42 Å². The summed E-state index contributed by atoms with van der Waals surface area (Å²) in [5.41, 5.74) is 0.598. The van der Waals surface area contributed by atoms with E-state index < -0.39 is 37.3 Å². The van der Waals surface area contributed by atoms with Gasteiger partial charge in [0.05, 0.1) is 6.61 Å². The summed E-state index contributed by atoms with van der Waals surface area (Å²) >= 11 is 0. The average molecular weight is 366 g/mol. The Hall–Kier alpha value is -2.04. The second-order valence-corrected chi connectivity index (χ2v) is 6.22. The van der Waals surface area contributed by atoms with Crippen LogP contribution in [0.4, 0.5) is 0 Å². The van der Waals surface area contributed by atoms with E-state index >= 15 is 0 Å². The predicted octanol–water partition coefficient (Wildman–Crippen LogP) is -1.17. The molecule has 5 atom stereocenters. The van der Waals surface area contributed by atoms with Crippen LogP contribution in [-0.2, 0) is 11.2 Å². The number of rotatable bonds is 5. The summed E-state index contributed by atoms with van der Waals surface area (Å²) in [5, 5.41) is 39.0. The zero-order chi connectivity index (χ0) is 18.8. The fraction of sp³-hybridized carbons (Fsp3) is 0.529. The summed E-state index contributed by atoms with van der Waals surface area (Å²) in [4.78, 5) is 16.8. The molecule has 1 aliphatic heterocycles. The maximum atomic E-state index is 12.5. The summed E-state index contributed by atoms with van der Waals surface area (Å²) in [7, 11) is 0. The molecular formula is C17H22N2O7. The quantitative estimate of drug-likeness (QED) is 0.520. The zero-order valence-corrected chi connectivity index (χ0v) is 14.2. The van der Waals surface area contributed by atoms with Crippen molar-refractivity contribution in [3.05, 3.63) is 40.4 Å². The van der Waals surface area contributed by atoms with Gasteiger partial charge < -0.3 is 29.9 Å². The maximum absolute atomic E-state index is 12.5. The lowest BCUT2D eigenvalue weighted by Gasteiger charge is -2.39. The van der Waals surface area contributed by atoms with Gasteiger partial charge in [-0.3, -0.25) is 9.20 Å². The fourth-order valence-corrected chi connectivity index (χ4v) is 2.94. The third-order valence-electron chi connectivity index (χ3n) is 4.38. The van der Waals surface area contributed by atoms with E-state index in [9.17, 15) is 25.2 Å². The van der Waals surface area contributed by atoms with Crippen molar-refractivity contribution in [3.8, 4) is 5.75 Å². The van der Waals surface area contributed by atoms with E-state index in [1.54, 1.807) is 18.3 Å². The molecule has 0 aliphatic carbocycles. The molecule has 0 bridgehead atoms. The Morgan fingerprint density at radius 3 is 2.73 bits per heavy atom. The van der Waals surface area contributed by atoms with Crippen molar-refractivity contribution in [2.75, 3.05) is 6.61 Å². The molecule has 1 saturated heterocycles. The number of hydrogen-bond donors (Lipinski definition) is 4. The number of hydrogen-bond acceptors (Lipinski definition) is 8. The molecule has 3 heterocycles. The van der Waals surface area contributed by atoms with E-state index in [4.69, 9.17) is 9.47 Å². The summed E-state index contributed by atoms with van der Waals surface area (Å²) < 4.78 is 12.3. The van der Waals surface area contributed by atoms with Gasteiger partial charge in [0.1, 0.15) is 24.4 Å². The first-order chi connectivity index (χ1) is 12.5. The number of aryl methyl sites for hydroxylation is 1. The summed E-state index contributed by atoms with van der Waals surface area (Å²) in [6.45, 7) is 1.41. The van der Waals surface area contributed by atoms with Crippen molar-refractivity contribution in [1.29, 1.82) is 0 Å². The molecule has 9 heteroatoms. The molecule has 0 amide bonds. The molecule has 0 spiro atoms. The lowest BCUT2D eigenvalue weighted by molar-refractivity contribution is -0.277. The molecule has 142 valence electrons. The Balaban J connectivity index is 1.93. The van der Waals surface area contributed by atoms with Crippen LogP contribution in [0.15, 0.2) is 29.3 Å². The Kier molecular flexibility index (Phi) is 5.54. The summed E-state index contributed by atoms with van der Waals surface area (Å²) in [6.07, 6.45) is -2.53. The number of aliphatic hydroxyl groups excluding tert-OH is 4. The van der Waals surface area contributed by atoms with Gasteiger partial charge in [-0.1, -0.05) is 13.3 Å². The van der Waals surface area contributed by atoms with Gasteiger partial charge in [-0.25, -0.2) is 4.98 Å². The third kappa shape index (κ3) is 3.31. The highest BCUT2D eigenvalue weighted by Crippen LogP contribution is 2.25. The van der Waals surface area contributed by atoms with Gasteiger partial charge in [-0.15, -0.1) is 0 Å². The van der Waals surface area contributed by atoms with Gasteiger partial charge in [0, 0.05) is 18.0 Å². The van der Waals surface area contributed by atoms with Crippen molar-refractivity contribution >= 4 is 5.65 Å². The van der Waals surface area contributed by atoms with Gasteiger partial charge in [-0.2, -0.15) is 0 Å². The van der Waals surface area contributed by atoms with Gasteiger partial charge >= 0.3 is 0 Å². The predicted molar refractivity (Wildman–Crippen MR) is 89.9 cm³/mol. The van der Waals surface area contributed by atoms with Crippen molar-refractivity contribution in [1.82, 2.24) is 9.38 Å². The highest BCUT2D eigenvalue weighted by atomic mass is 16.7. The van der Waals surface area contributed by atoms with Crippen LogP contribution >= 0.6 is 0 Å². The maximum Gasteiger partial charge on any atom is 0.261 e. The van der Waals surface area contributed by atoms with Crippen molar-refractivity contribution in [3.63, 3.8) is 0 Å². The van der Waals surface area contributed by atoms with Gasteiger partial charge in [0.25, 0.3) is 5.56 Å². The van der Waals surface area contributed by atoms with Crippen LogP contribution in [0.1, 0.15) is 18.9 Å². The van der Waals surface area contributed by atoms with Gasteiger partial charge in [0.2, 0.25) is 6.29 Å². The molecule has 3 unspecified atom stereocenters.